The van der Waals surface area contributed by atoms with E-state index in [4.69, 9.17) is 4.74 Å². The second-order valence-electron chi connectivity index (χ2n) is 4.45. The van der Waals surface area contributed by atoms with Crippen LogP contribution in [0.2, 0.25) is 0 Å². The van der Waals surface area contributed by atoms with E-state index in [-0.39, 0.29) is 11.9 Å². The van der Waals surface area contributed by atoms with E-state index in [1.165, 1.54) is 11.3 Å². The summed E-state index contributed by atoms with van der Waals surface area (Å²) < 4.78 is 5.11. The SMILES string of the molecule is CCOC(=O)c1c(NC(=O)c2ccc[nH]2)sc(C)c1CC. The third-order valence-electron chi connectivity index (χ3n) is 3.11. The van der Waals surface area contributed by atoms with Crippen molar-refractivity contribution in [3.63, 3.8) is 0 Å². The zero-order valence-electron chi connectivity index (χ0n) is 12.3. The van der Waals surface area contributed by atoms with Gasteiger partial charge in [0, 0.05) is 11.1 Å². The van der Waals surface area contributed by atoms with Gasteiger partial charge in [-0.25, -0.2) is 4.79 Å². The average molecular weight is 306 g/mol. The van der Waals surface area contributed by atoms with Crippen LogP contribution in [0.1, 0.15) is 45.1 Å². The van der Waals surface area contributed by atoms with Crippen LogP contribution in [0.5, 0.6) is 0 Å². The molecule has 2 rings (SSSR count). The maximum Gasteiger partial charge on any atom is 0.341 e. The smallest absolute Gasteiger partial charge is 0.341 e. The number of anilines is 1. The minimum Gasteiger partial charge on any atom is -0.462 e. The monoisotopic (exact) mass is 306 g/mol. The van der Waals surface area contributed by atoms with Gasteiger partial charge in [-0.15, -0.1) is 11.3 Å². The van der Waals surface area contributed by atoms with Crippen LogP contribution in [0.15, 0.2) is 18.3 Å². The summed E-state index contributed by atoms with van der Waals surface area (Å²) in [4.78, 5) is 28.1. The van der Waals surface area contributed by atoms with Crippen molar-refractivity contribution in [3.05, 3.63) is 40.0 Å². The molecule has 6 heteroatoms. The molecule has 5 nitrogen and oxygen atoms in total. The van der Waals surface area contributed by atoms with Crippen molar-refractivity contribution < 1.29 is 14.3 Å². The molecule has 0 fully saturated rings. The molecule has 0 aliphatic heterocycles. The van der Waals surface area contributed by atoms with Crippen LogP contribution in [0.3, 0.4) is 0 Å². The minimum absolute atomic E-state index is 0.269. The van der Waals surface area contributed by atoms with Gasteiger partial charge in [0.15, 0.2) is 0 Å². The number of thiophene rings is 1. The number of amides is 1. The fourth-order valence-corrected chi connectivity index (χ4v) is 3.28. The van der Waals surface area contributed by atoms with Crippen molar-refractivity contribution >= 4 is 28.2 Å². The Morgan fingerprint density at radius 2 is 2.14 bits per heavy atom. The summed E-state index contributed by atoms with van der Waals surface area (Å²) in [6, 6.07) is 3.43. The van der Waals surface area contributed by atoms with Gasteiger partial charge in [0.05, 0.1) is 12.2 Å². The molecule has 2 aromatic heterocycles. The summed E-state index contributed by atoms with van der Waals surface area (Å²) in [7, 11) is 0. The van der Waals surface area contributed by atoms with Crippen LogP contribution in [0.25, 0.3) is 0 Å². The number of ether oxygens (including phenoxy) is 1. The molecule has 0 saturated carbocycles. The third-order valence-corrected chi connectivity index (χ3v) is 4.17. The lowest BCUT2D eigenvalue weighted by atomic mass is 10.1. The van der Waals surface area contributed by atoms with Crippen LogP contribution in [0, 0.1) is 6.92 Å². The zero-order chi connectivity index (χ0) is 15.4. The van der Waals surface area contributed by atoms with E-state index in [2.05, 4.69) is 10.3 Å². The van der Waals surface area contributed by atoms with Crippen LogP contribution >= 0.6 is 11.3 Å². The van der Waals surface area contributed by atoms with Crippen molar-refractivity contribution in [1.82, 2.24) is 4.98 Å². The lowest BCUT2D eigenvalue weighted by Gasteiger charge is -2.07. The molecule has 0 spiro atoms. The van der Waals surface area contributed by atoms with E-state index in [1.54, 1.807) is 25.3 Å². The van der Waals surface area contributed by atoms with Crippen molar-refractivity contribution in [2.75, 3.05) is 11.9 Å². The first-order valence-corrected chi connectivity index (χ1v) is 7.64. The average Bonchev–Trinajstić information content (AvgIpc) is 3.06. The van der Waals surface area contributed by atoms with Gasteiger partial charge in [-0.05, 0) is 38.0 Å². The molecule has 0 bridgehead atoms. The largest absolute Gasteiger partial charge is 0.462 e. The van der Waals surface area contributed by atoms with Gasteiger partial charge in [-0.3, -0.25) is 4.79 Å². The Kier molecular flexibility index (Phi) is 4.80. The van der Waals surface area contributed by atoms with Crippen LogP contribution < -0.4 is 5.32 Å². The van der Waals surface area contributed by atoms with E-state index in [1.807, 2.05) is 13.8 Å². The minimum atomic E-state index is -0.388. The lowest BCUT2D eigenvalue weighted by Crippen LogP contribution is -2.15. The van der Waals surface area contributed by atoms with E-state index in [9.17, 15) is 9.59 Å². The summed E-state index contributed by atoms with van der Waals surface area (Å²) in [5.41, 5.74) is 1.86. The molecule has 0 saturated heterocycles. The second-order valence-corrected chi connectivity index (χ2v) is 5.68. The van der Waals surface area contributed by atoms with Crippen LogP contribution in [0.4, 0.5) is 5.00 Å². The number of hydrogen-bond acceptors (Lipinski definition) is 4. The molecule has 0 aliphatic rings. The number of aryl methyl sites for hydroxylation is 1. The predicted octanol–water partition coefficient (Wildman–Crippen LogP) is 3.38. The molecular formula is C15H18N2O3S. The maximum absolute atomic E-state index is 12.2. The Hall–Kier alpha value is -2.08. The number of carbonyl (C=O) groups is 2. The Morgan fingerprint density at radius 3 is 2.71 bits per heavy atom. The molecule has 0 aromatic carbocycles. The molecule has 21 heavy (non-hydrogen) atoms. The molecular weight excluding hydrogens is 288 g/mol. The molecule has 1 amide bonds. The first-order chi connectivity index (χ1) is 10.1. The standard InChI is InChI=1S/C15H18N2O3S/c1-4-10-9(3)21-14(12(10)15(19)20-5-2)17-13(18)11-7-6-8-16-11/h6-8,16H,4-5H2,1-3H3,(H,17,18). The van der Waals surface area contributed by atoms with Gasteiger partial charge in [0.25, 0.3) is 5.91 Å². The normalized spacial score (nSPS) is 10.4. The number of rotatable bonds is 5. The van der Waals surface area contributed by atoms with Gasteiger partial charge in [-0.2, -0.15) is 0 Å². The molecule has 0 unspecified atom stereocenters. The summed E-state index contributed by atoms with van der Waals surface area (Å²) in [6.45, 7) is 5.99. The van der Waals surface area contributed by atoms with Crippen molar-refractivity contribution in [3.8, 4) is 0 Å². The highest BCUT2D eigenvalue weighted by Crippen LogP contribution is 2.34. The Labute approximate surface area is 127 Å². The summed E-state index contributed by atoms with van der Waals surface area (Å²) in [6.07, 6.45) is 2.40. The van der Waals surface area contributed by atoms with Gasteiger partial charge < -0.3 is 15.0 Å². The van der Waals surface area contributed by atoms with E-state index < -0.39 is 0 Å². The topological polar surface area (TPSA) is 71.2 Å². The molecule has 2 aromatic rings. The number of aromatic nitrogens is 1. The molecule has 2 heterocycles. The van der Waals surface area contributed by atoms with Gasteiger partial charge in [0.2, 0.25) is 0 Å². The lowest BCUT2D eigenvalue weighted by molar-refractivity contribution is 0.0527. The van der Waals surface area contributed by atoms with E-state index in [0.29, 0.717) is 22.9 Å². The first-order valence-electron chi connectivity index (χ1n) is 6.82. The number of nitrogens with one attached hydrogen (secondary N) is 2. The number of esters is 1. The third kappa shape index (κ3) is 3.16. The van der Waals surface area contributed by atoms with Crippen molar-refractivity contribution in [1.29, 1.82) is 0 Å². The fourth-order valence-electron chi connectivity index (χ4n) is 2.15. The predicted molar refractivity (Wildman–Crippen MR) is 83.1 cm³/mol. The Bertz CT molecular complexity index is 644. The van der Waals surface area contributed by atoms with Crippen molar-refractivity contribution in [2.24, 2.45) is 0 Å². The highest BCUT2D eigenvalue weighted by Gasteiger charge is 2.23. The fraction of sp³-hybridized carbons (Fsp3) is 0.333. The first kappa shape index (κ1) is 15.3. The summed E-state index contributed by atoms with van der Waals surface area (Å²) in [5, 5.41) is 3.34. The second kappa shape index (κ2) is 6.58. The highest BCUT2D eigenvalue weighted by atomic mass is 32.1. The highest BCUT2D eigenvalue weighted by molar-refractivity contribution is 7.16. The maximum atomic E-state index is 12.2. The Balaban J connectivity index is 2.34. The van der Waals surface area contributed by atoms with Gasteiger partial charge >= 0.3 is 5.97 Å². The molecule has 2 N–H and O–H groups in total. The Morgan fingerprint density at radius 1 is 1.38 bits per heavy atom. The summed E-state index contributed by atoms with van der Waals surface area (Å²) >= 11 is 1.40. The number of carbonyl (C=O) groups excluding carboxylic acids is 2. The van der Waals surface area contributed by atoms with E-state index in [0.717, 1.165) is 16.9 Å². The van der Waals surface area contributed by atoms with Crippen LogP contribution in [-0.4, -0.2) is 23.5 Å². The zero-order valence-corrected chi connectivity index (χ0v) is 13.1. The number of hydrogen-bond donors (Lipinski definition) is 2. The molecule has 0 radical (unpaired) electrons. The van der Waals surface area contributed by atoms with E-state index >= 15 is 0 Å². The van der Waals surface area contributed by atoms with Crippen LogP contribution in [-0.2, 0) is 11.2 Å². The summed E-state index contributed by atoms with van der Waals surface area (Å²) in [5.74, 6) is -0.657. The quantitative estimate of drug-likeness (QED) is 0.832. The number of aromatic amines is 1. The van der Waals surface area contributed by atoms with Gasteiger partial charge in [0.1, 0.15) is 10.7 Å². The number of H-pyrrole nitrogens is 1. The van der Waals surface area contributed by atoms with Gasteiger partial charge in [-0.1, -0.05) is 6.92 Å². The molecule has 0 aliphatic carbocycles. The van der Waals surface area contributed by atoms with Crippen molar-refractivity contribution in [2.45, 2.75) is 27.2 Å². The molecule has 0 atom stereocenters. The molecule has 112 valence electrons.